The highest BCUT2D eigenvalue weighted by molar-refractivity contribution is 5.83. The number of benzene rings is 2. The van der Waals surface area contributed by atoms with Gasteiger partial charge in [0.15, 0.2) is 0 Å². The van der Waals surface area contributed by atoms with Crippen LogP contribution in [0.3, 0.4) is 0 Å². The molecule has 0 saturated carbocycles. The van der Waals surface area contributed by atoms with Crippen LogP contribution in [0.5, 0.6) is 0 Å². The van der Waals surface area contributed by atoms with Gasteiger partial charge in [-0.05, 0) is 23.8 Å². The molecule has 0 spiro atoms. The molecule has 2 aliphatic rings. The summed E-state index contributed by atoms with van der Waals surface area (Å²) in [6.45, 7) is 1.59. The topological polar surface area (TPSA) is 52.8 Å². The number of amides is 1. The molecule has 2 N–H and O–H groups in total. The van der Waals surface area contributed by atoms with Crippen molar-refractivity contribution in [2.24, 2.45) is 0 Å². The number of alkyl halides is 2. The summed E-state index contributed by atoms with van der Waals surface area (Å²) in [4.78, 5) is 18.4. The van der Waals surface area contributed by atoms with Crippen LogP contribution < -0.4 is 10.6 Å². The number of carbonyl (C=O) groups excluding carboxylic acids is 1. The number of nitrogens with zero attached hydrogens (tertiary/aromatic N) is 3. The summed E-state index contributed by atoms with van der Waals surface area (Å²) < 4.78 is 41.7. The van der Waals surface area contributed by atoms with E-state index in [0.717, 1.165) is 5.56 Å². The second-order valence-electron chi connectivity index (χ2n) is 7.91. The molecule has 2 saturated heterocycles. The molecule has 8 heteroatoms. The monoisotopic (exact) mass is 418 g/mol. The maximum absolute atomic E-state index is 14.3. The van der Waals surface area contributed by atoms with Gasteiger partial charge in [0.1, 0.15) is 11.9 Å². The molecule has 2 fully saturated rings. The normalized spacial score (nSPS) is 20.4. The molecule has 5 nitrogen and oxygen atoms in total. The molecule has 1 amide bonds. The van der Waals surface area contributed by atoms with Gasteiger partial charge in [0.2, 0.25) is 5.91 Å². The summed E-state index contributed by atoms with van der Waals surface area (Å²) in [6, 6.07) is 13.2. The molecule has 2 aromatic carbocycles. The van der Waals surface area contributed by atoms with Gasteiger partial charge < -0.3 is 15.5 Å². The number of hydrogen-bond donors (Lipinski definition) is 1. The highest BCUT2D eigenvalue weighted by atomic mass is 19.3. The molecule has 30 heavy (non-hydrogen) atoms. The Hall–Kier alpha value is -2.74. The van der Waals surface area contributed by atoms with E-state index in [1.54, 1.807) is 12.1 Å². The highest BCUT2D eigenvalue weighted by Crippen LogP contribution is 2.32. The lowest BCUT2D eigenvalue weighted by molar-refractivity contribution is -0.138. The molecule has 0 aromatic heterocycles. The lowest BCUT2D eigenvalue weighted by atomic mass is 10.0. The van der Waals surface area contributed by atoms with Crippen LogP contribution in [0.2, 0.25) is 0 Å². The Morgan fingerprint density at radius 1 is 1.00 bits per heavy atom. The minimum absolute atomic E-state index is 0.0613. The maximum Gasteiger partial charge on any atom is 0.267 e. The summed E-state index contributed by atoms with van der Waals surface area (Å²) in [5.74, 6) is -3.51. The Kier molecular flexibility index (Phi) is 5.60. The quantitative estimate of drug-likeness (QED) is 0.776. The van der Waals surface area contributed by atoms with Crippen LogP contribution in [0.1, 0.15) is 18.0 Å². The number of hydrogen-bond acceptors (Lipinski definition) is 4. The van der Waals surface area contributed by atoms with Crippen molar-refractivity contribution in [1.82, 2.24) is 9.80 Å². The third-order valence-corrected chi connectivity index (χ3v) is 5.82. The summed E-state index contributed by atoms with van der Waals surface area (Å²) >= 11 is 0. The van der Waals surface area contributed by atoms with E-state index < -0.39 is 18.5 Å². The van der Waals surface area contributed by atoms with E-state index in [1.807, 2.05) is 40.1 Å². The minimum Gasteiger partial charge on any atom is -0.399 e. The van der Waals surface area contributed by atoms with Gasteiger partial charge in [-0.3, -0.25) is 9.69 Å². The van der Waals surface area contributed by atoms with Crippen LogP contribution in [0, 0.1) is 5.82 Å². The van der Waals surface area contributed by atoms with Crippen LogP contribution in [-0.2, 0) is 4.79 Å². The number of rotatable bonds is 4. The lowest BCUT2D eigenvalue weighted by Gasteiger charge is -2.40. The molecular formula is C22H25F3N4O. The number of nitrogen functional groups attached to an aromatic ring is 1. The third-order valence-electron chi connectivity index (χ3n) is 5.82. The first-order valence-corrected chi connectivity index (χ1v) is 10.1. The van der Waals surface area contributed by atoms with E-state index in [0.29, 0.717) is 37.6 Å². The zero-order valence-electron chi connectivity index (χ0n) is 16.6. The summed E-state index contributed by atoms with van der Waals surface area (Å²) in [7, 11) is 0. The van der Waals surface area contributed by atoms with E-state index >= 15 is 0 Å². The van der Waals surface area contributed by atoms with Gasteiger partial charge in [0, 0.05) is 44.8 Å². The van der Waals surface area contributed by atoms with Gasteiger partial charge in [-0.1, -0.05) is 30.3 Å². The predicted octanol–water partition coefficient (Wildman–Crippen LogP) is 3.14. The number of piperazine rings is 1. The summed E-state index contributed by atoms with van der Waals surface area (Å²) in [6.07, 6.45) is -0.301. The maximum atomic E-state index is 14.3. The Balaban J connectivity index is 1.52. The summed E-state index contributed by atoms with van der Waals surface area (Å²) in [5, 5.41) is 0. The van der Waals surface area contributed by atoms with Crippen LogP contribution in [-0.4, -0.2) is 60.9 Å². The molecule has 1 atom stereocenters. The largest absolute Gasteiger partial charge is 0.399 e. The van der Waals surface area contributed by atoms with Crippen LogP contribution in [0.15, 0.2) is 48.5 Å². The zero-order chi connectivity index (χ0) is 21.3. The minimum atomic E-state index is -2.83. The number of likely N-dealkylation sites (tertiary alicyclic amines) is 1. The van der Waals surface area contributed by atoms with E-state index in [1.165, 1.54) is 11.0 Å². The number of anilines is 2. The Labute approximate surface area is 173 Å². The van der Waals surface area contributed by atoms with Crippen molar-refractivity contribution in [3.63, 3.8) is 0 Å². The SMILES string of the molecule is Nc1ccc(N2CCN(C(C(=O)N3CCC(F)(F)C3)c3ccccc3)CC2)c(F)c1. The van der Waals surface area contributed by atoms with Crippen molar-refractivity contribution in [3.05, 3.63) is 59.9 Å². The van der Waals surface area contributed by atoms with Crippen molar-refractivity contribution in [2.45, 2.75) is 18.4 Å². The van der Waals surface area contributed by atoms with Crippen molar-refractivity contribution in [2.75, 3.05) is 49.9 Å². The molecule has 2 aliphatic heterocycles. The van der Waals surface area contributed by atoms with Gasteiger partial charge in [-0.15, -0.1) is 0 Å². The van der Waals surface area contributed by atoms with Gasteiger partial charge in [-0.25, -0.2) is 13.2 Å². The molecule has 4 rings (SSSR count). The van der Waals surface area contributed by atoms with Crippen molar-refractivity contribution < 1.29 is 18.0 Å². The molecule has 160 valence electrons. The standard InChI is InChI=1S/C22H25F3N4O/c23-18-14-17(26)6-7-19(18)27-10-12-28(13-11-27)20(16-4-2-1-3-5-16)21(30)29-9-8-22(24,25)15-29/h1-7,14,20H,8-13,15,26H2. The average Bonchev–Trinajstić information content (AvgIpc) is 3.09. The van der Waals surface area contributed by atoms with Crippen molar-refractivity contribution in [1.29, 1.82) is 0 Å². The molecule has 0 aliphatic carbocycles. The fourth-order valence-corrected chi connectivity index (χ4v) is 4.24. The van der Waals surface area contributed by atoms with Gasteiger partial charge in [-0.2, -0.15) is 0 Å². The van der Waals surface area contributed by atoms with Crippen molar-refractivity contribution >= 4 is 17.3 Å². The zero-order valence-corrected chi connectivity index (χ0v) is 16.6. The molecule has 2 heterocycles. The molecule has 2 aromatic rings. The number of nitrogens with two attached hydrogens (primary N) is 1. The Bertz CT molecular complexity index is 901. The first kappa shape index (κ1) is 20.5. The average molecular weight is 418 g/mol. The second-order valence-corrected chi connectivity index (χ2v) is 7.91. The smallest absolute Gasteiger partial charge is 0.267 e. The molecule has 0 radical (unpaired) electrons. The third kappa shape index (κ3) is 4.23. The van der Waals surface area contributed by atoms with Crippen LogP contribution >= 0.6 is 0 Å². The Morgan fingerprint density at radius 3 is 2.30 bits per heavy atom. The van der Waals surface area contributed by atoms with Gasteiger partial charge in [0.25, 0.3) is 5.92 Å². The van der Waals surface area contributed by atoms with E-state index in [9.17, 15) is 18.0 Å². The second kappa shape index (κ2) is 8.18. The van der Waals surface area contributed by atoms with Gasteiger partial charge >= 0.3 is 0 Å². The Morgan fingerprint density at radius 2 is 1.70 bits per heavy atom. The number of carbonyl (C=O) groups is 1. The first-order chi connectivity index (χ1) is 14.3. The van der Waals surface area contributed by atoms with E-state index in [-0.39, 0.29) is 24.7 Å². The van der Waals surface area contributed by atoms with Crippen LogP contribution in [0.25, 0.3) is 0 Å². The summed E-state index contributed by atoms with van der Waals surface area (Å²) in [5.41, 5.74) is 7.26. The fraction of sp³-hybridized carbons (Fsp3) is 0.409. The highest BCUT2D eigenvalue weighted by Gasteiger charge is 2.43. The van der Waals surface area contributed by atoms with Crippen LogP contribution in [0.4, 0.5) is 24.5 Å². The fourth-order valence-electron chi connectivity index (χ4n) is 4.24. The van der Waals surface area contributed by atoms with E-state index in [2.05, 4.69) is 0 Å². The van der Waals surface area contributed by atoms with Crippen molar-refractivity contribution in [3.8, 4) is 0 Å². The predicted molar refractivity (Wildman–Crippen MR) is 110 cm³/mol. The van der Waals surface area contributed by atoms with Gasteiger partial charge in [0.05, 0.1) is 12.2 Å². The molecule has 0 bridgehead atoms. The molecule has 1 unspecified atom stereocenters. The number of halogens is 3. The first-order valence-electron chi connectivity index (χ1n) is 10.1. The van der Waals surface area contributed by atoms with E-state index in [4.69, 9.17) is 5.73 Å². The molecular weight excluding hydrogens is 393 g/mol. The lowest BCUT2D eigenvalue weighted by Crippen LogP contribution is -2.51.